The molecule has 1 aromatic heterocycles. The van der Waals surface area contributed by atoms with E-state index in [0.29, 0.717) is 5.82 Å². The second-order valence-corrected chi connectivity index (χ2v) is 3.41. The molecule has 0 amide bonds. The second-order valence-electron chi connectivity index (χ2n) is 3.41. The molecule has 0 saturated heterocycles. The molecule has 4 nitrogen and oxygen atoms in total. The maximum Gasteiger partial charge on any atom is 0.185 e. The van der Waals surface area contributed by atoms with E-state index in [-0.39, 0.29) is 0 Å². The zero-order valence-electron chi connectivity index (χ0n) is 9.18. The molecule has 0 aliphatic carbocycles. The SMILES string of the molecule is COc1ccc(-c2cnc(C=O)n2C)cc1. The predicted molar refractivity (Wildman–Crippen MR) is 60.6 cm³/mol. The highest BCUT2D eigenvalue weighted by atomic mass is 16.5. The number of hydrogen-bond donors (Lipinski definition) is 0. The Hall–Kier alpha value is -2.10. The van der Waals surface area contributed by atoms with Crippen LogP contribution in [0.25, 0.3) is 11.3 Å². The fraction of sp³-hybridized carbons (Fsp3) is 0.167. The van der Waals surface area contributed by atoms with E-state index >= 15 is 0 Å². The molecule has 0 saturated carbocycles. The molecular weight excluding hydrogens is 204 g/mol. The monoisotopic (exact) mass is 216 g/mol. The highest BCUT2D eigenvalue weighted by Gasteiger charge is 2.07. The van der Waals surface area contributed by atoms with E-state index in [4.69, 9.17) is 4.74 Å². The smallest absolute Gasteiger partial charge is 0.185 e. The van der Waals surface area contributed by atoms with Gasteiger partial charge in [-0.15, -0.1) is 0 Å². The van der Waals surface area contributed by atoms with Gasteiger partial charge < -0.3 is 9.30 Å². The van der Waals surface area contributed by atoms with Crippen LogP contribution in [0.5, 0.6) is 5.75 Å². The lowest BCUT2D eigenvalue weighted by molar-refractivity contribution is 0.111. The molecule has 0 spiro atoms. The third-order valence-corrected chi connectivity index (χ3v) is 2.52. The van der Waals surface area contributed by atoms with Crippen molar-refractivity contribution in [3.05, 3.63) is 36.3 Å². The molecular formula is C12H12N2O2. The van der Waals surface area contributed by atoms with Gasteiger partial charge in [0.05, 0.1) is 19.0 Å². The number of hydrogen-bond acceptors (Lipinski definition) is 3. The maximum atomic E-state index is 10.7. The fourth-order valence-corrected chi connectivity index (χ4v) is 1.56. The average molecular weight is 216 g/mol. The van der Waals surface area contributed by atoms with E-state index in [9.17, 15) is 4.79 Å². The van der Waals surface area contributed by atoms with E-state index in [1.165, 1.54) is 0 Å². The Bertz CT molecular complexity index is 500. The van der Waals surface area contributed by atoms with Gasteiger partial charge in [0, 0.05) is 12.6 Å². The molecule has 2 rings (SSSR count). The summed E-state index contributed by atoms with van der Waals surface area (Å²) in [5.41, 5.74) is 1.91. The first-order valence-electron chi connectivity index (χ1n) is 4.87. The summed E-state index contributed by atoms with van der Waals surface area (Å²) in [6.45, 7) is 0. The van der Waals surface area contributed by atoms with Gasteiger partial charge in [-0.2, -0.15) is 0 Å². The third kappa shape index (κ3) is 1.69. The van der Waals surface area contributed by atoms with Crippen LogP contribution < -0.4 is 4.74 Å². The lowest BCUT2D eigenvalue weighted by Gasteiger charge is -2.04. The third-order valence-electron chi connectivity index (χ3n) is 2.52. The van der Waals surface area contributed by atoms with Crippen LogP contribution in [0.3, 0.4) is 0 Å². The molecule has 0 radical (unpaired) electrons. The minimum atomic E-state index is 0.422. The number of imidazole rings is 1. The number of carbonyl (C=O) groups excluding carboxylic acids is 1. The molecule has 0 N–H and O–H groups in total. The molecule has 4 heteroatoms. The van der Waals surface area contributed by atoms with Gasteiger partial charge in [0.25, 0.3) is 0 Å². The summed E-state index contributed by atoms with van der Waals surface area (Å²) in [5, 5.41) is 0. The largest absolute Gasteiger partial charge is 0.497 e. The number of carbonyl (C=O) groups is 1. The molecule has 0 bridgehead atoms. The summed E-state index contributed by atoms with van der Waals surface area (Å²) in [4.78, 5) is 14.7. The van der Waals surface area contributed by atoms with E-state index in [1.54, 1.807) is 17.9 Å². The molecule has 82 valence electrons. The first-order valence-corrected chi connectivity index (χ1v) is 4.87. The van der Waals surface area contributed by atoms with E-state index in [0.717, 1.165) is 23.3 Å². The molecule has 16 heavy (non-hydrogen) atoms. The summed E-state index contributed by atoms with van der Waals surface area (Å²) < 4.78 is 6.84. The van der Waals surface area contributed by atoms with Gasteiger partial charge in [0.2, 0.25) is 0 Å². The molecule has 1 aromatic carbocycles. The number of rotatable bonds is 3. The zero-order chi connectivity index (χ0) is 11.5. The lowest BCUT2D eigenvalue weighted by atomic mass is 10.1. The number of nitrogens with zero attached hydrogens (tertiary/aromatic N) is 2. The molecule has 2 aromatic rings. The highest BCUT2D eigenvalue weighted by Crippen LogP contribution is 2.22. The Morgan fingerprint density at radius 2 is 2.00 bits per heavy atom. The number of aldehydes is 1. The summed E-state index contributed by atoms with van der Waals surface area (Å²) in [6.07, 6.45) is 2.43. The molecule has 0 aliphatic rings. The normalized spacial score (nSPS) is 10.1. The van der Waals surface area contributed by atoms with Gasteiger partial charge in [0.1, 0.15) is 5.75 Å². The van der Waals surface area contributed by atoms with Gasteiger partial charge >= 0.3 is 0 Å². The van der Waals surface area contributed by atoms with Gasteiger partial charge in [0.15, 0.2) is 12.1 Å². The minimum Gasteiger partial charge on any atom is -0.497 e. The lowest BCUT2D eigenvalue weighted by Crippen LogP contribution is -1.97. The van der Waals surface area contributed by atoms with Crippen LogP contribution in [-0.4, -0.2) is 22.9 Å². The number of benzene rings is 1. The van der Waals surface area contributed by atoms with Crippen LogP contribution in [0.2, 0.25) is 0 Å². The van der Waals surface area contributed by atoms with Gasteiger partial charge in [-0.1, -0.05) is 0 Å². The Labute approximate surface area is 93.5 Å². The summed E-state index contributed by atoms with van der Waals surface area (Å²) >= 11 is 0. The van der Waals surface area contributed by atoms with Crippen molar-refractivity contribution in [3.8, 4) is 17.0 Å². The van der Waals surface area contributed by atoms with Crippen molar-refractivity contribution in [2.24, 2.45) is 7.05 Å². The second kappa shape index (κ2) is 4.18. The van der Waals surface area contributed by atoms with E-state index < -0.39 is 0 Å². The van der Waals surface area contributed by atoms with Crippen LogP contribution in [0.15, 0.2) is 30.5 Å². The predicted octanol–water partition coefficient (Wildman–Crippen LogP) is 1.91. The fourth-order valence-electron chi connectivity index (χ4n) is 1.56. The summed E-state index contributed by atoms with van der Waals surface area (Å²) in [6, 6.07) is 7.63. The van der Waals surface area contributed by atoms with Crippen LogP contribution in [0.4, 0.5) is 0 Å². The highest BCUT2D eigenvalue weighted by molar-refractivity contribution is 5.72. The number of methoxy groups -OCH3 is 1. The number of aromatic nitrogens is 2. The van der Waals surface area contributed by atoms with Crippen LogP contribution >= 0.6 is 0 Å². The zero-order valence-corrected chi connectivity index (χ0v) is 9.18. The Balaban J connectivity index is 2.42. The van der Waals surface area contributed by atoms with Crippen LogP contribution in [0, 0.1) is 0 Å². The average Bonchev–Trinajstić information content (AvgIpc) is 2.70. The van der Waals surface area contributed by atoms with Crippen molar-refractivity contribution >= 4 is 6.29 Å². The van der Waals surface area contributed by atoms with Crippen molar-refractivity contribution in [2.75, 3.05) is 7.11 Å². The van der Waals surface area contributed by atoms with Gasteiger partial charge in [-0.05, 0) is 24.3 Å². The van der Waals surface area contributed by atoms with E-state index in [1.807, 2.05) is 31.3 Å². The van der Waals surface area contributed by atoms with Crippen LogP contribution in [0.1, 0.15) is 10.6 Å². The summed E-state index contributed by atoms with van der Waals surface area (Å²) in [5.74, 6) is 1.23. The van der Waals surface area contributed by atoms with Gasteiger partial charge in [-0.25, -0.2) is 4.98 Å². The maximum absolute atomic E-state index is 10.7. The molecule has 0 aliphatic heterocycles. The van der Waals surface area contributed by atoms with Crippen molar-refractivity contribution in [2.45, 2.75) is 0 Å². The van der Waals surface area contributed by atoms with Crippen molar-refractivity contribution < 1.29 is 9.53 Å². The molecule has 0 fully saturated rings. The van der Waals surface area contributed by atoms with Crippen molar-refractivity contribution in [1.29, 1.82) is 0 Å². The molecule has 0 atom stereocenters. The van der Waals surface area contributed by atoms with Gasteiger partial charge in [-0.3, -0.25) is 4.79 Å². The van der Waals surface area contributed by atoms with Crippen molar-refractivity contribution in [1.82, 2.24) is 9.55 Å². The Kier molecular flexibility index (Phi) is 2.72. The molecule has 1 heterocycles. The number of ether oxygens (including phenoxy) is 1. The quantitative estimate of drug-likeness (QED) is 0.736. The first-order chi connectivity index (χ1) is 7.76. The topological polar surface area (TPSA) is 44.1 Å². The standard InChI is InChI=1S/C12H12N2O2/c1-14-11(7-13-12(14)8-15)9-3-5-10(16-2)6-4-9/h3-8H,1-2H3. The van der Waals surface area contributed by atoms with Crippen LogP contribution in [-0.2, 0) is 7.05 Å². The molecule has 0 unspecified atom stereocenters. The van der Waals surface area contributed by atoms with E-state index in [2.05, 4.69) is 4.98 Å². The minimum absolute atomic E-state index is 0.422. The Morgan fingerprint density at radius 1 is 1.31 bits per heavy atom. The first kappa shape index (κ1) is 10.4. The summed E-state index contributed by atoms with van der Waals surface area (Å²) in [7, 11) is 3.44. The Morgan fingerprint density at radius 3 is 2.50 bits per heavy atom. The van der Waals surface area contributed by atoms with Crippen molar-refractivity contribution in [3.63, 3.8) is 0 Å².